The molecule has 1 aliphatic heterocycles. The molecule has 2 rings (SSSR count). The van der Waals surface area contributed by atoms with E-state index in [4.69, 9.17) is 4.74 Å². The largest absolute Gasteiger partial charge is 0.497 e. The third-order valence-corrected chi connectivity index (χ3v) is 4.07. The number of nitrogens with zero attached hydrogens (tertiary/aromatic N) is 2. The van der Waals surface area contributed by atoms with Crippen LogP contribution in [0.4, 0.5) is 0 Å². The molecule has 1 saturated heterocycles. The minimum Gasteiger partial charge on any atom is -0.497 e. The molecule has 1 aromatic carbocycles. The SMILES string of the molecule is CNC(c1ccc(OC)cc1)C1CN(C)CCN1C. The predicted octanol–water partition coefficient (Wildman–Crippen LogP) is 1.20. The minimum absolute atomic E-state index is 0.346. The van der Waals surface area contributed by atoms with Gasteiger partial charge >= 0.3 is 0 Å². The fraction of sp³-hybridized carbons (Fsp3) is 0.600. The van der Waals surface area contributed by atoms with Crippen LogP contribution in [0.15, 0.2) is 24.3 Å². The number of hydrogen-bond acceptors (Lipinski definition) is 4. The Morgan fingerprint density at radius 2 is 1.89 bits per heavy atom. The van der Waals surface area contributed by atoms with E-state index in [2.05, 4.69) is 41.3 Å². The summed E-state index contributed by atoms with van der Waals surface area (Å²) in [6.45, 7) is 3.36. The number of nitrogens with one attached hydrogen (secondary N) is 1. The van der Waals surface area contributed by atoms with Crippen molar-refractivity contribution in [1.82, 2.24) is 15.1 Å². The molecule has 0 aromatic heterocycles. The highest BCUT2D eigenvalue weighted by molar-refractivity contribution is 5.30. The number of hydrogen-bond donors (Lipinski definition) is 1. The Balaban J connectivity index is 2.17. The Hall–Kier alpha value is -1.10. The number of ether oxygens (including phenoxy) is 1. The number of rotatable bonds is 4. The van der Waals surface area contributed by atoms with Gasteiger partial charge < -0.3 is 15.0 Å². The maximum atomic E-state index is 5.23. The van der Waals surface area contributed by atoms with E-state index in [9.17, 15) is 0 Å². The lowest BCUT2D eigenvalue weighted by molar-refractivity contribution is 0.0897. The van der Waals surface area contributed by atoms with Crippen LogP contribution in [0.3, 0.4) is 0 Å². The monoisotopic (exact) mass is 263 g/mol. The van der Waals surface area contributed by atoms with Crippen molar-refractivity contribution < 1.29 is 4.74 Å². The zero-order valence-corrected chi connectivity index (χ0v) is 12.4. The highest BCUT2D eigenvalue weighted by Gasteiger charge is 2.29. The number of piperazine rings is 1. The molecule has 1 fully saturated rings. The van der Waals surface area contributed by atoms with Crippen LogP contribution in [0.2, 0.25) is 0 Å². The van der Waals surface area contributed by atoms with Gasteiger partial charge in [-0.25, -0.2) is 0 Å². The number of benzene rings is 1. The molecule has 2 unspecified atom stereocenters. The molecule has 0 amide bonds. The summed E-state index contributed by atoms with van der Waals surface area (Å²) < 4.78 is 5.23. The molecule has 1 aromatic rings. The molecule has 0 bridgehead atoms. The summed E-state index contributed by atoms with van der Waals surface area (Å²) in [4.78, 5) is 4.85. The molecule has 4 nitrogen and oxygen atoms in total. The summed E-state index contributed by atoms with van der Waals surface area (Å²) in [5.41, 5.74) is 1.32. The van der Waals surface area contributed by atoms with Crippen LogP contribution in [0.25, 0.3) is 0 Å². The highest BCUT2D eigenvalue weighted by Crippen LogP contribution is 2.24. The van der Waals surface area contributed by atoms with E-state index >= 15 is 0 Å². The maximum Gasteiger partial charge on any atom is 0.118 e. The Morgan fingerprint density at radius 1 is 1.21 bits per heavy atom. The van der Waals surface area contributed by atoms with Gasteiger partial charge in [0.25, 0.3) is 0 Å². The number of likely N-dealkylation sites (N-methyl/N-ethyl adjacent to an activating group) is 3. The van der Waals surface area contributed by atoms with Crippen LogP contribution in [-0.2, 0) is 0 Å². The van der Waals surface area contributed by atoms with Gasteiger partial charge in [-0.15, -0.1) is 0 Å². The molecular formula is C15H25N3O. The van der Waals surface area contributed by atoms with Gasteiger partial charge in [-0.1, -0.05) is 12.1 Å². The Morgan fingerprint density at radius 3 is 2.47 bits per heavy atom. The standard InChI is InChI=1S/C15H25N3O/c1-16-15(12-5-7-13(19-4)8-6-12)14-11-17(2)9-10-18(14)3/h5-8,14-16H,9-11H2,1-4H3. The molecule has 106 valence electrons. The second-order valence-electron chi connectivity index (χ2n) is 5.35. The Bertz CT molecular complexity index is 393. The summed E-state index contributed by atoms with van der Waals surface area (Å²) in [6, 6.07) is 9.22. The van der Waals surface area contributed by atoms with E-state index in [1.807, 2.05) is 19.2 Å². The fourth-order valence-corrected chi connectivity index (χ4v) is 2.80. The first-order valence-corrected chi connectivity index (χ1v) is 6.85. The van der Waals surface area contributed by atoms with Gasteiger partial charge in [0, 0.05) is 31.7 Å². The first kappa shape index (κ1) is 14.3. The predicted molar refractivity (Wildman–Crippen MR) is 78.7 cm³/mol. The van der Waals surface area contributed by atoms with Gasteiger partial charge in [-0.3, -0.25) is 4.90 Å². The molecule has 2 atom stereocenters. The van der Waals surface area contributed by atoms with Gasteiger partial charge in [0.2, 0.25) is 0 Å². The van der Waals surface area contributed by atoms with Crippen LogP contribution in [-0.4, -0.2) is 63.7 Å². The maximum absolute atomic E-state index is 5.23. The van der Waals surface area contributed by atoms with Gasteiger partial charge in [-0.05, 0) is 38.8 Å². The molecular weight excluding hydrogens is 238 g/mol. The van der Waals surface area contributed by atoms with Crippen molar-refractivity contribution >= 4 is 0 Å². The van der Waals surface area contributed by atoms with E-state index < -0.39 is 0 Å². The van der Waals surface area contributed by atoms with Crippen LogP contribution >= 0.6 is 0 Å². The highest BCUT2D eigenvalue weighted by atomic mass is 16.5. The Labute approximate surface area is 116 Å². The van der Waals surface area contributed by atoms with E-state index in [1.54, 1.807) is 7.11 Å². The van der Waals surface area contributed by atoms with Gasteiger partial charge in [-0.2, -0.15) is 0 Å². The van der Waals surface area contributed by atoms with Crippen molar-refractivity contribution in [3.8, 4) is 5.75 Å². The minimum atomic E-state index is 0.346. The third kappa shape index (κ3) is 3.26. The molecule has 0 aliphatic carbocycles. The van der Waals surface area contributed by atoms with Crippen molar-refractivity contribution in [3.63, 3.8) is 0 Å². The molecule has 0 saturated carbocycles. The summed E-state index contributed by atoms with van der Waals surface area (Å²) in [7, 11) is 8.15. The number of methoxy groups -OCH3 is 1. The summed E-state index contributed by atoms with van der Waals surface area (Å²) in [5, 5.41) is 3.47. The summed E-state index contributed by atoms with van der Waals surface area (Å²) >= 11 is 0. The molecule has 1 N–H and O–H groups in total. The smallest absolute Gasteiger partial charge is 0.118 e. The van der Waals surface area contributed by atoms with E-state index in [0.717, 1.165) is 25.4 Å². The van der Waals surface area contributed by atoms with Gasteiger partial charge in [0.05, 0.1) is 7.11 Å². The quantitative estimate of drug-likeness (QED) is 0.883. The lowest BCUT2D eigenvalue weighted by Gasteiger charge is -2.42. The van der Waals surface area contributed by atoms with Crippen LogP contribution in [0, 0.1) is 0 Å². The molecule has 1 aliphatic rings. The van der Waals surface area contributed by atoms with Gasteiger partial charge in [0.15, 0.2) is 0 Å². The van der Waals surface area contributed by atoms with E-state index in [1.165, 1.54) is 5.56 Å². The van der Waals surface area contributed by atoms with Crippen LogP contribution in [0.5, 0.6) is 5.75 Å². The van der Waals surface area contributed by atoms with E-state index in [-0.39, 0.29) is 0 Å². The van der Waals surface area contributed by atoms with Gasteiger partial charge in [0.1, 0.15) is 5.75 Å². The zero-order valence-electron chi connectivity index (χ0n) is 12.4. The fourth-order valence-electron chi connectivity index (χ4n) is 2.80. The zero-order chi connectivity index (χ0) is 13.8. The average molecular weight is 263 g/mol. The van der Waals surface area contributed by atoms with Crippen molar-refractivity contribution in [2.75, 3.05) is 47.9 Å². The first-order valence-electron chi connectivity index (χ1n) is 6.85. The second kappa shape index (κ2) is 6.37. The second-order valence-corrected chi connectivity index (χ2v) is 5.35. The summed E-state index contributed by atoms with van der Waals surface area (Å²) in [6.07, 6.45) is 0. The van der Waals surface area contributed by atoms with Crippen molar-refractivity contribution in [1.29, 1.82) is 0 Å². The third-order valence-electron chi connectivity index (χ3n) is 4.07. The Kier molecular flexibility index (Phi) is 4.80. The molecule has 19 heavy (non-hydrogen) atoms. The normalized spacial score (nSPS) is 23.3. The van der Waals surface area contributed by atoms with Crippen LogP contribution < -0.4 is 10.1 Å². The van der Waals surface area contributed by atoms with Crippen molar-refractivity contribution in [2.24, 2.45) is 0 Å². The van der Waals surface area contributed by atoms with E-state index in [0.29, 0.717) is 12.1 Å². The average Bonchev–Trinajstić information content (AvgIpc) is 2.44. The van der Waals surface area contributed by atoms with Crippen molar-refractivity contribution in [3.05, 3.63) is 29.8 Å². The lowest BCUT2D eigenvalue weighted by atomic mass is 9.96. The first-order chi connectivity index (χ1) is 9.15. The van der Waals surface area contributed by atoms with Crippen molar-refractivity contribution in [2.45, 2.75) is 12.1 Å². The van der Waals surface area contributed by atoms with Crippen LogP contribution in [0.1, 0.15) is 11.6 Å². The molecule has 0 radical (unpaired) electrons. The molecule has 4 heteroatoms. The summed E-state index contributed by atoms with van der Waals surface area (Å²) in [5.74, 6) is 0.910. The molecule has 1 heterocycles. The lowest BCUT2D eigenvalue weighted by Crippen LogP contribution is -2.54. The topological polar surface area (TPSA) is 27.7 Å². The molecule has 0 spiro atoms.